The molecule has 2 heterocycles. The van der Waals surface area contributed by atoms with Gasteiger partial charge in [-0.1, -0.05) is 0 Å². The molecule has 7 nitrogen and oxygen atoms in total. The Bertz CT molecular complexity index is 564. The van der Waals surface area contributed by atoms with Crippen LogP contribution in [-0.2, 0) is 0 Å². The molecule has 2 aromatic rings. The van der Waals surface area contributed by atoms with Crippen LogP contribution in [0.4, 0.5) is 0 Å². The molecule has 0 bridgehead atoms. The molecule has 88 valence electrons. The molecule has 0 saturated carbocycles. The summed E-state index contributed by atoms with van der Waals surface area (Å²) in [6.07, 6.45) is 1.22. The van der Waals surface area contributed by atoms with Gasteiger partial charge in [0.1, 0.15) is 22.8 Å². The molecule has 2 N–H and O–H groups in total. The number of nitrogens with zero attached hydrogens (tertiary/aromatic N) is 3. The lowest BCUT2D eigenvalue weighted by Crippen LogP contribution is -2.02. The number of H-pyrrole nitrogens is 1. The van der Waals surface area contributed by atoms with E-state index in [1.807, 2.05) is 0 Å². The van der Waals surface area contributed by atoms with Crippen molar-refractivity contribution >= 4 is 5.97 Å². The summed E-state index contributed by atoms with van der Waals surface area (Å²) in [4.78, 5) is 19.0. The second kappa shape index (κ2) is 4.20. The van der Waals surface area contributed by atoms with Crippen molar-refractivity contribution in [2.45, 2.75) is 6.92 Å². The van der Waals surface area contributed by atoms with Gasteiger partial charge >= 0.3 is 5.97 Å². The quantitative estimate of drug-likeness (QED) is 0.817. The van der Waals surface area contributed by atoms with E-state index in [-0.39, 0.29) is 11.3 Å². The number of aryl methyl sites for hydroxylation is 1. The molecule has 0 aromatic carbocycles. The Kier molecular flexibility index (Phi) is 2.73. The van der Waals surface area contributed by atoms with Gasteiger partial charge in [-0.25, -0.2) is 9.78 Å². The number of ether oxygens (including phenoxy) is 1. The van der Waals surface area contributed by atoms with Crippen LogP contribution in [0.5, 0.6) is 5.75 Å². The van der Waals surface area contributed by atoms with Crippen LogP contribution in [0.3, 0.4) is 0 Å². The van der Waals surface area contributed by atoms with Crippen molar-refractivity contribution in [2.75, 3.05) is 7.11 Å². The number of rotatable bonds is 3. The van der Waals surface area contributed by atoms with Gasteiger partial charge in [0.15, 0.2) is 5.82 Å². The van der Waals surface area contributed by atoms with Gasteiger partial charge < -0.3 is 9.84 Å². The summed E-state index contributed by atoms with van der Waals surface area (Å²) in [6.45, 7) is 1.76. The van der Waals surface area contributed by atoms with E-state index in [4.69, 9.17) is 9.84 Å². The highest BCUT2D eigenvalue weighted by atomic mass is 16.5. The van der Waals surface area contributed by atoms with E-state index in [1.165, 1.54) is 19.4 Å². The highest BCUT2D eigenvalue weighted by Crippen LogP contribution is 2.22. The summed E-state index contributed by atoms with van der Waals surface area (Å²) in [7, 11) is 1.40. The van der Waals surface area contributed by atoms with E-state index in [2.05, 4.69) is 20.2 Å². The topological polar surface area (TPSA) is 101 Å². The number of carboxylic acid groups (broad SMARTS) is 1. The molecule has 17 heavy (non-hydrogen) atoms. The van der Waals surface area contributed by atoms with Gasteiger partial charge in [-0.05, 0) is 6.92 Å². The zero-order valence-corrected chi connectivity index (χ0v) is 9.26. The fourth-order valence-electron chi connectivity index (χ4n) is 1.35. The second-order valence-corrected chi connectivity index (χ2v) is 3.32. The Labute approximate surface area is 96.5 Å². The number of aromatic amines is 1. The fourth-order valence-corrected chi connectivity index (χ4v) is 1.35. The lowest BCUT2D eigenvalue weighted by atomic mass is 10.2. The smallest absolute Gasteiger partial charge is 0.341 e. The zero-order valence-electron chi connectivity index (χ0n) is 9.26. The first-order chi connectivity index (χ1) is 8.11. The minimum absolute atomic E-state index is 0.00325. The molecule has 0 radical (unpaired) electrons. The molecule has 0 aliphatic carbocycles. The summed E-state index contributed by atoms with van der Waals surface area (Å²) in [5.74, 6) is 0.192. The molecule has 0 atom stereocenters. The average Bonchev–Trinajstić information content (AvgIpc) is 2.75. The average molecular weight is 234 g/mol. The van der Waals surface area contributed by atoms with Gasteiger partial charge in [-0.2, -0.15) is 5.10 Å². The molecule has 7 heteroatoms. The third-order valence-corrected chi connectivity index (χ3v) is 2.14. The standard InChI is InChI=1S/C10H10N4O3/c1-5-12-9(14-13-5)7-3-8(17-2)6(4-11-7)10(15)16/h3-4H,1-2H3,(H,15,16)(H,12,13,14). The van der Waals surface area contributed by atoms with Crippen LogP contribution in [0.1, 0.15) is 16.2 Å². The van der Waals surface area contributed by atoms with Crippen LogP contribution in [-0.4, -0.2) is 38.4 Å². The highest BCUT2D eigenvalue weighted by molar-refractivity contribution is 5.91. The number of aromatic carboxylic acids is 1. The Morgan fingerprint density at radius 1 is 1.53 bits per heavy atom. The third kappa shape index (κ3) is 2.07. The number of carbonyl (C=O) groups is 1. The minimum Gasteiger partial charge on any atom is -0.496 e. The molecule has 0 amide bonds. The lowest BCUT2D eigenvalue weighted by molar-refractivity contribution is 0.0693. The summed E-state index contributed by atoms with van der Waals surface area (Å²) >= 11 is 0. The Morgan fingerprint density at radius 2 is 2.29 bits per heavy atom. The van der Waals surface area contributed by atoms with E-state index >= 15 is 0 Å². The molecular formula is C10H10N4O3. The SMILES string of the molecule is COc1cc(-c2n[nH]c(C)n2)ncc1C(=O)O. The van der Waals surface area contributed by atoms with Gasteiger partial charge in [0.2, 0.25) is 0 Å². The number of methoxy groups -OCH3 is 1. The minimum atomic E-state index is -1.09. The molecule has 0 aliphatic heterocycles. The van der Waals surface area contributed by atoms with Gasteiger partial charge in [0.05, 0.1) is 7.11 Å². The van der Waals surface area contributed by atoms with Crippen LogP contribution in [0.15, 0.2) is 12.3 Å². The van der Waals surface area contributed by atoms with E-state index in [0.29, 0.717) is 17.3 Å². The molecule has 0 saturated heterocycles. The van der Waals surface area contributed by atoms with Crippen molar-refractivity contribution in [3.8, 4) is 17.3 Å². The van der Waals surface area contributed by atoms with Crippen molar-refractivity contribution in [3.05, 3.63) is 23.7 Å². The number of aromatic nitrogens is 4. The van der Waals surface area contributed by atoms with Crippen LogP contribution in [0.25, 0.3) is 11.5 Å². The van der Waals surface area contributed by atoms with Gasteiger partial charge in [-0.15, -0.1) is 0 Å². The van der Waals surface area contributed by atoms with Crippen LogP contribution in [0, 0.1) is 6.92 Å². The molecule has 0 spiro atoms. The van der Waals surface area contributed by atoms with Crippen molar-refractivity contribution < 1.29 is 14.6 Å². The Morgan fingerprint density at radius 3 is 2.82 bits per heavy atom. The molecular weight excluding hydrogens is 224 g/mol. The maximum absolute atomic E-state index is 10.9. The number of carboxylic acids is 1. The summed E-state index contributed by atoms with van der Waals surface area (Å²) in [5.41, 5.74) is 0.458. The predicted molar refractivity (Wildman–Crippen MR) is 57.9 cm³/mol. The highest BCUT2D eigenvalue weighted by Gasteiger charge is 2.14. The van der Waals surface area contributed by atoms with Crippen LogP contribution in [0.2, 0.25) is 0 Å². The first-order valence-corrected chi connectivity index (χ1v) is 4.78. The third-order valence-electron chi connectivity index (χ3n) is 2.14. The van der Waals surface area contributed by atoms with Crippen LogP contribution < -0.4 is 4.74 Å². The van der Waals surface area contributed by atoms with Crippen molar-refractivity contribution in [1.82, 2.24) is 20.2 Å². The summed E-state index contributed by atoms with van der Waals surface area (Å²) in [5, 5.41) is 15.5. The van der Waals surface area contributed by atoms with E-state index in [0.717, 1.165) is 0 Å². The van der Waals surface area contributed by atoms with Gasteiger partial charge in [0.25, 0.3) is 0 Å². The summed E-state index contributed by atoms with van der Waals surface area (Å²) < 4.78 is 4.99. The fraction of sp³-hybridized carbons (Fsp3) is 0.200. The first-order valence-electron chi connectivity index (χ1n) is 4.78. The Hall–Kier alpha value is -2.44. The monoisotopic (exact) mass is 234 g/mol. The van der Waals surface area contributed by atoms with Crippen molar-refractivity contribution in [3.63, 3.8) is 0 Å². The predicted octanol–water partition coefficient (Wildman–Crippen LogP) is 0.882. The van der Waals surface area contributed by atoms with E-state index in [9.17, 15) is 4.79 Å². The first kappa shape index (κ1) is 11.1. The lowest BCUT2D eigenvalue weighted by Gasteiger charge is -2.04. The molecule has 2 rings (SSSR count). The van der Waals surface area contributed by atoms with E-state index < -0.39 is 5.97 Å². The van der Waals surface area contributed by atoms with Crippen molar-refractivity contribution in [2.24, 2.45) is 0 Å². The maximum atomic E-state index is 10.9. The molecule has 0 aliphatic rings. The second-order valence-electron chi connectivity index (χ2n) is 3.32. The van der Waals surface area contributed by atoms with E-state index in [1.54, 1.807) is 6.92 Å². The normalized spacial score (nSPS) is 10.2. The maximum Gasteiger partial charge on any atom is 0.341 e. The van der Waals surface area contributed by atoms with Crippen molar-refractivity contribution in [1.29, 1.82) is 0 Å². The molecule has 0 unspecified atom stereocenters. The van der Waals surface area contributed by atoms with Crippen LogP contribution >= 0.6 is 0 Å². The number of hydrogen-bond donors (Lipinski definition) is 2. The molecule has 0 fully saturated rings. The van der Waals surface area contributed by atoms with Gasteiger partial charge in [-0.3, -0.25) is 10.1 Å². The summed E-state index contributed by atoms with van der Waals surface area (Å²) in [6, 6.07) is 1.49. The number of pyridine rings is 1. The largest absolute Gasteiger partial charge is 0.496 e. The number of hydrogen-bond acceptors (Lipinski definition) is 5. The molecule has 2 aromatic heterocycles. The zero-order chi connectivity index (χ0) is 12.4. The van der Waals surface area contributed by atoms with Gasteiger partial charge in [0, 0.05) is 12.3 Å². The Balaban J connectivity index is 2.48. The number of nitrogens with one attached hydrogen (secondary N) is 1.